The van der Waals surface area contributed by atoms with Crippen molar-refractivity contribution in [1.29, 1.82) is 0 Å². The summed E-state index contributed by atoms with van der Waals surface area (Å²) in [5.41, 5.74) is 1.81. The van der Waals surface area contributed by atoms with Crippen LogP contribution in [0, 0.1) is 0 Å². The van der Waals surface area contributed by atoms with Crippen LogP contribution in [0.2, 0.25) is 0 Å². The highest BCUT2D eigenvalue weighted by atomic mass is 16.3. The molecule has 0 saturated heterocycles. The minimum absolute atomic E-state index is 0.329. The molecule has 2 rings (SSSR count). The molecule has 0 aliphatic carbocycles. The highest BCUT2D eigenvalue weighted by molar-refractivity contribution is 6.40. The van der Waals surface area contributed by atoms with Crippen LogP contribution in [-0.2, 0) is 0 Å². The Morgan fingerprint density at radius 1 is 1.25 bits per heavy atom. The van der Waals surface area contributed by atoms with Crippen LogP contribution in [0.15, 0.2) is 30.5 Å². The first-order valence-electron chi connectivity index (χ1n) is 3.82. The summed E-state index contributed by atoms with van der Waals surface area (Å²) in [7, 11) is 1.89. The Morgan fingerprint density at radius 3 is 2.92 bits per heavy atom. The maximum atomic E-state index is 9.39. The highest BCUT2D eigenvalue weighted by Gasteiger charge is 2.00. The Morgan fingerprint density at radius 2 is 2.08 bits per heavy atom. The monoisotopic (exact) mass is 157 g/mol. The van der Waals surface area contributed by atoms with E-state index >= 15 is 0 Å². The molecule has 0 aliphatic heterocycles. The van der Waals surface area contributed by atoms with E-state index in [-0.39, 0.29) is 0 Å². The topological polar surface area (TPSA) is 33.1 Å². The molecule has 1 aromatic carbocycles. The minimum atomic E-state index is 0.329. The van der Waals surface area contributed by atoms with Gasteiger partial charge in [-0.25, -0.2) is 0 Å². The van der Waals surface area contributed by atoms with E-state index in [9.17, 15) is 5.11 Å². The van der Waals surface area contributed by atoms with Crippen LogP contribution in [0.1, 0.15) is 0 Å². The predicted octanol–water partition coefficient (Wildman–Crippen LogP) is 0.199. The molecule has 1 heterocycles. The second-order valence-electron chi connectivity index (χ2n) is 2.78. The lowest BCUT2D eigenvalue weighted by molar-refractivity contribution is 0.480. The standard InChI is InChI=1S/C9H8BNO/c10-9-6-2-1-5-11-7(6)3-4-8(9)12/h1-5,12H,10H2. The normalized spacial score (nSPS) is 10.3. The van der Waals surface area contributed by atoms with E-state index in [0.717, 1.165) is 16.4 Å². The summed E-state index contributed by atoms with van der Waals surface area (Å²) in [6.07, 6.45) is 1.75. The van der Waals surface area contributed by atoms with Gasteiger partial charge in [-0.1, -0.05) is 6.07 Å². The van der Waals surface area contributed by atoms with Crippen molar-refractivity contribution in [1.82, 2.24) is 4.98 Å². The van der Waals surface area contributed by atoms with Gasteiger partial charge in [0, 0.05) is 6.20 Å². The number of phenolic OH excluding ortho intramolecular Hbond substituents is 1. The van der Waals surface area contributed by atoms with Gasteiger partial charge in [0.15, 0.2) is 0 Å². The molecule has 0 atom stereocenters. The molecule has 0 radical (unpaired) electrons. The molecule has 12 heavy (non-hydrogen) atoms. The summed E-state index contributed by atoms with van der Waals surface area (Å²) in [4.78, 5) is 4.17. The number of fused-ring (bicyclic) bond motifs is 1. The SMILES string of the molecule is Bc1c(O)ccc2ncccc12. The Labute approximate surface area is 71.3 Å². The van der Waals surface area contributed by atoms with E-state index in [0.29, 0.717) is 5.75 Å². The third-order valence-electron chi connectivity index (χ3n) is 2.03. The zero-order valence-electron chi connectivity index (χ0n) is 6.78. The van der Waals surface area contributed by atoms with Crippen LogP contribution >= 0.6 is 0 Å². The molecule has 1 N–H and O–H groups in total. The molecule has 0 spiro atoms. The number of benzene rings is 1. The number of hydrogen-bond acceptors (Lipinski definition) is 2. The van der Waals surface area contributed by atoms with Gasteiger partial charge in [0.2, 0.25) is 0 Å². The number of hydrogen-bond donors (Lipinski definition) is 1. The van der Waals surface area contributed by atoms with Crippen LogP contribution in [0.5, 0.6) is 5.75 Å². The van der Waals surface area contributed by atoms with Crippen LogP contribution in [0.3, 0.4) is 0 Å². The van der Waals surface area contributed by atoms with E-state index in [1.165, 1.54) is 0 Å². The fraction of sp³-hybridized carbons (Fsp3) is 0. The van der Waals surface area contributed by atoms with Gasteiger partial charge in [-0.2, -0.15) is 0 Å². The van der Waals surface area contributed by atoms with Crippen molar-refractivity contribution in [3.63, 3.8) is 0 Å². The van der Waals surface area contributed by atoms with Gasteiger partial charge in [-0.05, 0) is 29.0 Å². The van der Waals surface area contributed by atoms with Crippen molar-refractivity contribution in [2.75, 3.05) is 0 Å². The second-order valence-corrected chi connectivity index (χ2v) is 2.78. The first kappa shape index (κ1) is 7.16. The van der Waals surface area contributed by atoms with Crippen molar-refractivity contribution in [3.8, 4) is 5.75 Å². The Kier molecular flexibility index (Phi) is 1.50. The van der Waals surface area contributed by atoms with Crippen LogP contribution in [0.4, 0.5) is 0 Å². The number of rotatable bonds is 0. The van der Waals surface area contributed by atoms with Crippen LogP contribution in [-0.4, -0.2) is 17.9 Å². The molecule has 0 aliphatic rings. The van der Waals surface area contributed by atoms with Crippen molar-refractivity contribution >= 4 is 24.2 Å². The Balaban J connectivity index is 2.91. The largest absolute Gasteiger partial charge is 0.509 e. The smallest absolute Gasteiger partial charge is 0.145 e. The maximum Gasteiger partial charge on any atom is 0.145 e. The third kappa shape index (κ3) is 0.943. The molecule has 58 valence electrons. The minimum Gasteiger partial charge on any atom is -0.509 e. The molecule has 0 bridgehead atoms. The number of aromatic nitrogens is 1. The molecular formula is C9H8BNO. The predicted molar refractivity (Wildman–Crippen MR) is 51.6 cm³/mol. The zero-order valence-corrected chi connectivity index (χ0v) is 6.78. The second kappa shape index (κ2) is 2.52. The van der Waals surface area contributed by atoms with Crippen molar-refractivity contribution in [2.45, 2.75) is 0 Å². The van der Waals surface area contributed by atoms with E-state index in [1.807, 2.05) is 26.0 Å². The first-order valence-corrected chi connectivity index (χ1v) is 3.82. The molecule has 0 fully saturated rings. The Hall–Kier alpha value is -1.51. The summed E-state index contributed by atoms with van der Waals surface area (Å²) in [5, 5.41) is 10.4. The van der Waals surface area contributed by atoms with E-state index < -0.39 is 0 Å². The zero-order chi connectivity index (χ0) is 8.55. The summed E-state index contributed by atoms with van der Waals surface area (Å²) in [6.45, 7) is 0. The Bertz CT molecular complexity index is 428. The highest BCUT2D eigenvalue weighted by Crippen LogP contribution is 2.13. The van der Waals surface area contributed by atoms with Crippen molar-refractivity contribution in [2.24, 2.45) is 0 Å². The lowest BCUT2D eigenvalue weighted by atomic mass is 9.91. The molecule has 3 heteroatoms. The average molecular weight is 157 g/mol. The molecule has 2 aromatic rings. The lowest BCUT2D eigenvalue weighted by Gasteiger charge is -2.02. The molecular weight excluding hydrogens is 149 g/mol. The van der Waals surface area contributed by atoms with E-state index in [4.69, 9.17) is 0 Å². The van der Waals surface area contributed by atoms with Crippen LogP contribution < -0.4 is 5.46 Å². The van der Waals surface area contributed by atoms with Gasteiger partial charge in [0.25, 0.3) is 0 Å². The fourth-order valence-corrected chi connectivity index (χ4v) is 1.29. The van der Waals surface area contributed by atoms with Crippen LogP contribution in [0.25, 0.3) is 10.9 Å². The molecule has 0 unspecified atom stereocenters. The summed E-state index contributed by atoms with van der Waals surface area (Å²) in [6, 6.07) is 7.31. The fourth-order valence-electron chi connectivity index (χ4n) is 1.29. The number of pyridine rings is 1. The van der Waals surface area contributed by atoms with Gasteiger partial charge in [-0.3, -0.25) is 4.98 Å². The molecule has 1 aromatic heterocycles. The number of aromatic hydroxyl groups is 1. The number of nitrogens with zero attached hydrogens (tertiary/aromatic N) is 1. The van der Waals surface area contributed by atoms with E-state index in [2.05, 4.69) is 4.98 Å². The average Bonchev–Trinajstić information content (AvgIpc) is 2.12. The molecule has 2 nitrogen and oxygen atoms in total. The summed E-state index contributed by atoms with van der Waals surface area (Å²) >= 11 is 0. The van der Waals surface area contributed by atoms with Crippen molar-refractivity contribution < 1.29 is 5.11 Å². The first-order chi connectivity index (χ1) is 5.79. The lowest BCUT2D eigenvalue weighted by Crippen LogP contribution is -2.04. The third-order valence-corrected chi connectivity index (χ3v) is 2.03. The van der Waals surface area contributed by atoms with Crippen molar-refractivity contribution in [3.05, 3.63) is 30.5 Å². The maximum absolute atomic E-state index is 9.39. The van der Waals surface area contributed by atoms with E-state index in [1.54, 1.807) is 12.3 Å². The number of phenols is 1. The molecule has 0 amide bonds. The summed E-state index contributed by atoms with van der Waals surface area (Å²) in [5.74, 6) is 0.329. The van der Waals surface area contributed by atoms with Gasteiger partial charge in [-0.15, -0.1) is 0 Å². The van der Waals surface area contributed by atoms with Gasteiger partial charge < -0.3 is 5.11 Å². The van der Waals surface area contributed by atoms with Gasteiger partial charge in [0.05, 0.1) is 5.52 Å². The van der Waals surface area contributed by atoms with Gasteiger partial charge in [0.1, 0.15) is 13.6 Å². The molecule has 0 saturated carbocycles. The summed E-state index contributed by atoms with van der Waals surface area (Å²) < 4.78 is 0. The van der Waals surface area contributed by atoms with Gasteiger partial charge >= 0.3 is 0 Å². The quantitative estimate of drug-likeness (QED) is 0.554.